The summed E-state index contributed by atoms with van der Waals surface area (Å²) in [5.41, 5.74) is 3.58. The number of hydrogen-bond donors (Lipinski definition) is 1. The number of ether oxygens (including phenoxy) is 1. The van der Waals surface area contributed by atoms with Crippen molar-refractivity contribution in [3.8, 4) is 16.9 Å². The molecule has 0 fully saturated rings. The minimum atomic E-state index is -3.57. The molecule has 0 aliphatic carbocycles. The van der Waals surface area contributed by atoms with E-state index >= 15 is 0 Å². The maximum absolute atomic E-state index is 13.3. The van der Waals surface area contributed by atoms with E-state index in [4.69, 9.17) is 8.92 Å². The summed E-state index contributed by atoms with van der Waals surface area (Å²) in [4.78, 5) is 13.3. The Morgan fingerprint density at radius 2 is 1.58 bits per heavy atom. The van der Waals surface area contributed by atoms with E-state index in [2.05, 4.69) is 5.32 Å². The highest BCUT2D eigenvalue weighted by atomic mass is 32.2. The number of methoxy groups -OCH3 is 1. The zero-order valence-corrected chi connectivity index (χ0v) is 18.3. The van der Waals surface area contributed by atoms with Crippen LogP contribution in [0.1, 0.15) is 21.5 Å². The molecule has 0 bridgehead atoms. The van der Waals surface area contributed by atoms with Gasteiger partial charge in [0.25, 0.3) is 16.0 Å². The number of rotatable bonds is 9. The zero-order valence-electron chi connectivity index (χ0n) is 17.5. The van der Waals surface area contributed by atoms with Gasteiger partial charge < -0.3 is 10.1 Å². The van der Waals surface area contributed by atoms with Gasteiger partial charge in [0.05, 0.1) is 25.5 Å². The maximum Gasteiger partial charge on any atom is 0.264 e. The first kappa shape index (κ1) is 22.5. The van der Waals surface area contributed by atoms with Gasteiger partial charge in [-0.05, 0) is 29.2 Å². The topological polar surface area (TPSA) is 81.7 Å². The van der Waals surface area contributed by atoms with Crippen molar-refractivity contribution in [1.29, 1.82) is 0 Å². The summed E-state index contributed by atoms with van der Waals surface area (Å²) in [5.74, 6) is 0.291. The fraction of sp³-hybridized carbons (Fsp3) is 0.208. The summed E-state index contributed by atoms with van der Waals surface area (Å²) in [5, 5.41) is 2.97. The van der Waals surface area contributed by atoms with E-state index in [0.717, 1.165) is 17.4 Å². The van der Waals surface area contributed by atoms with Gasteiger partial charge in [-0.15, -0.1) is 0 Å². The molecule has 3 aromatic rings. The van der Waals surface area contributed by atoms with Crippen LogP contribution in [0.4, 0.5) is 0 Å². The second-order valence-electron chi connectivity index (χ2n) is 6.99. The first-order valence-corrected chi connectivity index (χ1v) is 11.6. The molecule has 0 saturated heterocycles. The molecule has 0 heterocycles. The van der Waals surface area contributed by atoms with Gasteiger partial charge in [0.2, 0.25) is 0 Å². The van der Waals surface area contributed by atoms with Crippen LogP contribution in [0.25, 0.3) is 11.1 Å². The fourth-order valence-corrected chi connectivity index (χ4v) is 3.71. The molecule has 0 aliphatic heterocycles. The quantitative estimate of drug-likeness (QED) is 0.513. The average Bonchev–Trinajstić information content (AvgIpc) is 2.77. The first-order chi connectivity index (χ1) is 14.9. The molecule has 7 heteroatoms. The highest BCUT2D eigenvalue weighted by Crippen LogP contribution is 2.36. The Hall–Kier alpha value is -3.16. The minimum absolute atomic E-state index is 0.0572. The lowest BCUT2D eigenvalue weighted by Crippen LogP contribution is -2.25. The van der Waals surface area contributed by atoms with E-state index in [9.17, 15) is 13.2 Å². The van der Waals surface area contributed by atoms with Crippen LogP contribution in [0, 0.1) is 0 Å². The molecule has 0 aromatic heterocycles. The van der Waals surface area contributed by atoms with Crippen LogP contribution < -0.4 is 10.1 Å². The zero-order chi connectivity index (χ0) is 22.3. The third-order valence-electron chi connectivity index (χ3n) is 4.73. The van der Waals surface area contributed by atoms with Crippen LogP contribution >= 0.6 is 0 Å². The Morgan fingerprint density at radius 3 is 2.19 bits per heavy atom. The highest BCUT2D eigenvalue weighted by Gasteiger charge is 2.22. The molecule has 0 unspecified atom stereocenters. The predicted octanol–water partition coefficient (Wildman–Crippen LogP) is 3.81. The second kappa shape index (κ2) is 10.2. The van der Waals surface area contributed by atoms with Gasteiger partial charge in [-0.3, -0.25) is 8.98 Å². The molecule has 3 aromatic carbocycles. The van der Waals surface area contributed by atoms with E-state index in [-0.39, 0.29) is 18.9 Å². The van der Waals surface area contributed by atoms with Gasteiger partial charge in [-0.25, -0.2) is 0 Å². The van der Waals surface area contributed by atoms with Crippen molar-refractivity contribution in [3.05, 3.63) is 89.5 Å². The molecule has 1 amide bonds. The van der Waals surface area contributed by atoms with Crippen molar-refractivity contribution >= 4 is 16.0 Å². The lowest BCUT2D eigenvalue weighted by atomic mass is 9.92. The largest absolute Gasteiger partial charge is 0.496 e. The van der Waals surface area contributed by atoms with Gasteiger partial charge in [0.15, 0.2) is 0 Å². The third kappa shape index (κ3) is 6.16. The molecular weight excluding hydrogens is 414 g/mol. The Bertz CT molecular complexity index is 1130. The van der Waals surface area contributed by atoms with Crippen molar-refractivity contribution < 1.29 is 22.1 Å². The van der Waals surface area contributed by atoms with E-state index < -0.39 is 10.1 Å². The van der Waals surface area contributed by atoms with Crippen LogP contribution in [0.15, 0.2) is 72.8 Å². The molecule has 0 atom stereocenters. The van der Waals surface area contributed by atoms with Crippen molar-refractivity contribution in [2.24, 2.45) is 0 Å². The van der Waals surface area contributed by atoms with Gasteiger partial charge in [-0.1, -0.05) is 66.7 Å². The van der Waals surface area contributed by atoms with E-state index in [0.29, 0.717) is 29.0 Å². The fourth-order valence-electron chi connectivity index (χ4n) is 3.33. The number of benzene rings is 3. The van der Waals surface area contributed by atoms with E-state index in [1.165, 1.54) is 0 Å². The Labute approximate surface area is 183 Å². The second-order valence-corrected chi connectivity index (χ2v) is 8.63. The molecule has 0 spiro atoms. The Morgan fingerprint density at radius 1 is 0.935 bits per heavy atom. The summed E-state index contributed by atoms with van der Waals surface area (Å²) < 4.78 is 33.2. The molecule has 1 N–H and O–H groups in total. The molecule has 31 heavy (non-hydrogen) atoms. The van der Waals surface area contributed by atoms with Crippen LogP contribution in [0.3, 0.4) is 0 Å². The number of amides is 1. The normalized spacial score (nSPS) is 11.2. The number of hydrogen-bond acceptors (Lipinski definition) is 5. The highest BCUT2D eigenvalue weighted by molar-refractivity contribution is 7.85. The third-order valence-corrected chi connectivity index (χ3v) is 5.32. The summed E-state index contributed by atoms with van der Waals surface area (Å²) in [6.07, 6.45) is 1.26. The van der Waals surface area contributed by atoms with Crippen molar-refractivity contribution in [2.45, 2.75) is 13.0 Å². The standard InChI is InChI=1S/C24H25NO5S/c1-29-21-14-13-20(15-16-30-31(2,27)28)23(22(21)19-11-7-4-8-12-19)24(26)25-17-18-9-5-3-6-10-18/h3-14H,15-17H2,1-2H3,(H,25,26). The predicted molar refractivity (Wildman–Crippen MR) is 121 cm³/mol. The number of nitrogens with one attached hydrogen (secondary N) is 1. The van der Waals surface area contributed by atoms with Gasteiger partial charge in [0, 0.05) is 12.1 Å². The molecule has 0 aliphatic rings. The monoisotopic (exact) mass is 439 g/mol. The van der Waals surface area contributed by atoms with Crippen LogP contribution in [0.5, 0.6) is 5.75 Å². The first-order valence-electron chi connectivity index (χ1n) is 9.81. The number of carbonyl (C=O) groups excluding carboxylic acids is 1. The van der Waals surface area contributed by atoms with Gasteiger partial charge in [-0.2, -0.15) is 8.42 Å². The van der Waals surface area contributed by atoms with Crippen LogP contribution in [0.2, 0.25) is 0 Å². The van der Waals surface area contributed by atoms with Crippen LogP contribution in [-0.2, 0) is 27.3 Å². The van der Waals surface area contributed by atoms with Gasteiger partial charge in [0.1, 0.15) is 5.75 Å². The lowest BCUT2D eigenvalue weighted by Gasteiger charge is -2.18. The summed E-state index contributed by atoms with van der Waals surface area (Å²) >= 11 is 0. The van der Waals surface area contributed by atoms with E-state index in [1.54, 1.807) is 19.2 Å². The SMILES string of the molecule is COc1ccc(CCOS(C)(=O)=O)c(C(=O)NCc2ccccc2)c1-c1ccccc1. The molecule has 0 saturated carbocycles. The van der Waals surface area contributed by atoms with E-state index in [1.807, 2.05) is 60.7 Å². The molecule has 6 nitrogen and oxygen atoms in total. The number of carbonyl (C=O) groups is 1. The molecule has 162 valence electrons. The summed E-state index contributed by atoms with van der Waals surface area (Å²) in [6.45, 7) is 0.308. The van der Waals surface area contributed by atoms with Crippen molar-refractivity contribution in [3.63, 3.8) is 0 Å². The smallest absolute Gasteiger partial charge is 0.264 e. The van der Waals surface area contributed by atoms with Gasteiger partial charge >= 0.3 is 0 Å². The Balaban J connectivity index is 2.01. The molecule has 3 rings (SSSR count). The lowest BCUT2D eigenvalue weighted by molar-refractivity contribution is 0.0950. The summed E-state index contributed by atoms with van der Waals surface area (Å²) in [6, 6.07) is 22.7. The van der Waals surface area contributed by atoms with Crippen molar-refractivity contribution in [1.82, 2.24) is 5.32 Å². The Kier molecular flexibility index (Phi) is 7.44. The maximum atomic E-state index is 13.3. The van der Waals surface area contributed by atoms with Crippen molar-refractivity contribution in [2.75, 3.05) is 20.0 Å². The minimum Gasteiger partial charge on any atom is -0.496 e. The average molecular weight is 440 g/mol. The molecular formula is C24H25NO5S. The summed E-state index contributed by atoms with van der Waals surface area (Å²) in [7, 11) is -2.02. The molecule has 0 radical (unpaired) electrons. The van der Waals surface area contributed by atoms with Crippen LogP contribution in [-0.4, -0.2) is 34.3 Å².